The zero-order chi connectivity index (χ0) is 20.5. The van der Waals surface area contributed by atoms with E-state index in [4.69, 9.17) is 26.8 Å². The van der Waals surface area contributed by atoms with Gasteiger partial charge in [-0.25, -0.2) is 0 Å². The van der Waals surface area contributed by atoms with E-state index in [2.05, 4.69) is 10.6 Å². The first-order valence-electron chi connectivity index (χ1n) is 8.39. The number of nitrogen functional groups attached to an aromatic ring is 1. The van der Waals surface area contributed by atoms with Gasteiger partial charge < -0.3 is 25.8 Å². The zero-order valence-electron chi connectivity index (χ0n) is 15.6. The normalized spacial score (nSPS) is 10.7. The summed E-state index contributed by atoms with van der Waals surface area (Å²) in [5.41, 5.74) is 7.60. The Morgan fingerprint density at radius 3 is 2.61 bits per heavy atom. The summed E-state index contributed by atoms with van der Waals surface area (Å²) in [6.07, 6.45) is 1.88. The highest BCUT2D eigenvalue weighted by Gasteiger charge is 2.10. The molecule has 0 bridgehead atoms. The van der Waals surface area contributed by atoms with Crippen molar-refractivity contribution < 1.29 is 14.3 Å². The molecule has 4 N–H and O–H groups in total. The third kappa shape index (κ3) is 5.56. The van der Waals surface area contributed by atoms with Gasteiger partial charge in [0.15, 0.2) is 11.5 Å². The molecule has 0 aliphatic carbocycles. The maximum Gasteiger partial charge on any atom is 0.263 e. The number of halogens is 1. The molecule has 2 aromatic carbocycles. The van der Waals surface area contributed by atoms with Crippen molar-refractivity contribution in [3.05, 3.63) is 58.8 Å². The molecule has 0 aliphatic heterocycles. The van der Waals surface area contributed by atoms with E-state index in [-0.39, 0.29) is 5.57 Å². The second kappa shape index (κ2) is 10.1. The standard InChI is InChI=1S/C20H21ClN4O3/c1-27-18-6-3-13(9-19(18)28-2)7-8-24-20(26)14(11-22)12-25-17-5-4-15(23)10-16(17)21/h3-6,9-10,12,25H,7-8,23H2,1-2H3,(H,24,26)/b14-12-. The molecule has 1 amide bonds. The third-order valence-electron chi connectivity index (χ3n) is 3.88. The summed E-state index contributed by atoms with van der Waals surface area (Å²) >= 11 is 6.06. The van der Waals surface area contributed by atoms with E-state index in [0.29, 0.717) is 40.9 Å². The van der Waals surface area contributed by atoms with Gasteiger partial charge in [-0.15, -0.1) is 0 Å². The van der Waals surface area contributed by atoms with E-state index in [9.17, 15) is 10.1 Å². The fourth-order valence-corrected chi connectivity index (χ4v) is 2.64. The second-order valence-corrected chi connectivity index (χ2v) is 6.16. The van der Waals surface area contributed by atoms with Crippen LogP contribution in [-0.2, 0) is 11.2 Å². The molecule has 0 heterocycles. The largest absolute Gasteiger partial charge is 0.493 e. The number of rotatable bonds is 8. The molecule has 7 nitrogen and oxygen atoms in total. The van der Waals surface area contributed by atoms with Crippen molar-refractivity contribution in [1.82, 2.24) is 5.32 Å². The Kier molecular flexibility index (Phi) is 7.55. The predicted molar refractivity (Wildman–Crippen MR) is 109 cm³/mol. The first-order chi connectivity index (χ1) is 13.5. The van der Waals surface area contributed by atoms with Gasteiger partial charge in [-0.05, 0) is 42.3 Å². The lowest BCUT2D eigenvalue weighted by Crippen LogP contribution is -2.27. The van der Waals surface area contributed by atoms with Crippen LogP contribution < -0.4 is 25.8 Å². The molecule has 0 atom stereocenters. The molecule has 2 aromatic rings. The molecule has 0 saturated carbocycles. The summed E-state index contributed by atoms with van der Waals surface area (Å²) in [6.45, 7) is 0.357. The minimum Gasteiger partial charge on any atom is -0.493 e. The van der Waals surface area contributed by atoms with E-state index in [1.54, 1.807) is 38.5 Å². The Labute approximate surface area is 168 Å². The number of nitrogens with two attached hydrogens (primary N) is 1. The van der Waals surface area contributed by atoms with E-state index in [0.717, 1.165) is 5.56 Å². The fraction of sp³-hybridized carbons (Fsp3) is 0.200. The highest BCUT2D eigenvalue weighted by molar-refractivity contribution is 6.33. The Morgan fingerprint density at radius 2 is 1.96 bits per heavy atom. The van der Waals surface area contributed by atoms with Gasteiger partial charge in [0, 0.05) is 18.4 Å². The monoisotopic (exact) mass is 400 g/mol. The Hall–Kier alpha value is -3.37. The molecular weight excluding hydrogens is 380 g/mol. The highest BCUT2D eigenvalue weighted by Crippen LogP contribution is 2.27. The van der Waals surface area contributed by atoms with Gasteiger partial charge in [-0.2, -0.15) is 5.26 Å². The molecule has 28 heavy (non-hydrogen) atoms. The molecule has 146 valence electrons. The molecule has 0 saturated heterocycles. The number of nitriles is 1. The van der Waals surface area contributed by atoms with Gasteiger partial charge in [-0.1, -0.05) is 17.7 Å². The highest BCUT2D eigenvalue weighted by atomic mass is 35.5. The number of benzene rings is 2. The van der Waals surface area contributed by atoms with E-state index >= 15 is 0 Å². The number of anilines is 2. The number of hydrogen-bond acceptors (Lipinski definition) is 6. The van der Waals surface area contributed by atoms with Crippen molar-refractivity contribution in [3.63, 3.8) is 0 Å². The van der Waals surface area contributed by atoms with Crippen LogP contribution in [0.15, 0.2) is 48.2 Å². The predicted octanol–water partition coefficient (Wildman–Crippen LogP) is 3.12. The van der Waals surface area contributed by atoms with Crippen LogP contribution in [0.25, 0.3) is 0 Å². The molecule has 0 aromatic heterocycles. The summed E-state index contributed by atoms with van der Waals surface area (Å²) < 4.78 is 10.5. The number of ether oxygens (including phenoxy) is 2. The van der Waals surface area contributed by atoms with Gasteiger partial charge in [-0.3, -0.25) is 4.79 Å². The Balaban J connectivity index is 1.94. The number of methoxy groups -OCH3 is 2. The van der Waals surface area contributed by atoms with E-state index in [1.807, 2.05) is 18.2 Å². The molecule has 2 rings (SSSR count). The average molecular weight is 401 g/mol. The maximum absolute atomic E-state index is 12.2. The van der Waals surface area contributed by atoms with Crippen LogP contribution in [0.5, 0.6) is 11.5 Å². The SMILES string of the molecule is COc1ccc(CCNC(=O)/C(C#N)=C\Nc2ccc(N)cc2Cl)cc1OC. The smallest absolute Gasteiger partial charge is 0.263 e. The van der Waals surface area contributed by atoms with Crippen molar-refractivity contribution >= 4 is 28.9 Å². The summed E-state index contributed by atoms with van der Waals surface area (Å²) in [5, 5.41) is 15.2. The minimum absolute atomic E-state index is 0.0693. The van der Waals surface area contributed by atoms with Crippen LogP contribution in [0, 0.1) is 11.3 Å². The molecule has 8 heteroatoms. The van der Waals surface area contributed by atoms with Crippen molar-refractivity contribution in [1.29, 1.82) is 5.26 Å². The van der Waals surface area contributed by atoms with E-state index in [1.165, 1.54) is 6.20 Å². The minimum atomic E-state index is -0.484. The lowest BCUT2D eigenvalue weighted by atomic mass is 10.1. The lowest BCUT2D eigenvalue weighted by molar-refractivity contribution is -0.117. The maximum atomic E-state index is 12.2. The van der Waals surface area contributed by atoms with Gasteiger partial charge >= 0.3 is 0 Å². The number of carbonyl (C=O) groups excluding carboxylic acids is 1. The van der Waals surface area contributed by atoms with Crippen LogP contribution in [-0.4, -0.2) is 26.7 Å². The molecule has 0 fully saturated rings. The van der Waals surface area contributed by atoms with Gasteiger partial charge in [0.05, 0.1) is 24.9 Å². The average Bonchev–Trinajstić information content (AvgIpc) is 2.69. The molecule has 0 unspecified atom stereocenters. The lowest BCUT2D eigenvalue weighted by Gasteiger charge is -2.10. The summed E-state index contributed by atoms with van der Waals surface area (Å²) in [5.74, 6) is 0.771. The summed E-state index contributed by atoms with van der Waals surface area (Å²) in [7, 11) is 3.13. The van der Waals surface area contributed by atoms with Crippen molar-refractivity contribution in [3.8, 4) is 17.6 Å². The number of amides is 1. The first kappa shape index (κ1) is 20.9. The number of hydrogen-bond donors (Lipinski definition) is 3. The van der Waals surface area contributed by atoms with Crippen LogP contribution in [0.1, 0.15) is 5.56 Å². The van der Waals surface area contributed by atoms with Crippen molar-refractivity contribution in [2.75, 3.05) is 31.8 Å². The van der Waals surface area contributed by atoms with E-state index < -0.39 is 5.91 Å². The number of carbonyl (C=O) groups is 1. The first-order valence-corrected chi connectivity index (χ1v) is 8.77. The second-order valence-electron chi connectivity index (χ2n) is 5.75. The van der Waals surface area contributed by atoms with Crippen LogP contribution >= 0.6 is 11.6 Å². The van der Waals surface area contributed by atoms with Crippen molar-refractivity contribution in [2.45, 2.75) is 6.42 Å². The number of nitrogens with one attached hydrogen (secondary N) is 2. The van der Waals surface area contributed by atoms with Gasteiger partial charge in [0.25, 0.3) is 5.91 Å². The quantitative estimate of drug-likeness (QED) is 0.357. The van der Waals surface area contributed by atoms with Gasteiger partial charge in [0.2, 0.25) is 0 Å². The Morgan fingerprint density at radius 1 is 1.21 bits per heavy atom. The molecular formula is C20H21ClN4O3. The fourth-order valence-electron chi connectivity index (χ4n) is 2.40. The Bertz CT molecular complexity index is 922. The third-order valence-corrected chi connectivity index (χ3v) is 4.19. The number of nitrogens with zero attached hydrogens (tertiary/aromatic N) is 1. The van der Waals surface area contributed by atoms with Gasteiger partial charge in [0.1, 0.15) is 11.6 Å². The van der Waals surface area contributed by atoms with Crippen molar-refractivity contribution in [2.24, 2.45) is 0 Å². The van der Waals surface area contributed by atoms with Crippen LogP contribution in [0.2, 0.25) is 5.02 Å². The van der Waals surface area contributed by atoms with Crippen LogP contribution in [0.4, 0.5) is 11.4 Å². The molecule has 0 spiro atoms. The summed E-state index contributed by atoms with van der Waals surface area (Å²) in [4.78, 5) is 12.2. The zero-order valence-corrected chi connectivity index (χ0v) is 16.3. The van der Waals surface area contributed by atoms with Crippen LogP contribution in [0.3, 0.4) is 0 Å². The molecule has 0 aliphatic rings. The topological polar surface area (TPSA) is 109 Å². The molecule has 0 radical (unpaired) electrons. The summed E-state index contributed by atoms with van der Waals surface area (Å²) in [6, 6.07) is 12.3.